The Morgan fingerprint density at radius 1 is 1.33 bits per heavy atom. The molecule has 0 unspecified atom stereocenters. The summed E-state index contributed by atoms with van der Waals surface area (Å²) in [5.41, 5.74) is 1.82. The average molecular weight is 246 g/mol. The van der Waals surface area contributed by atoms with Crippen LogP contribution >= 0.6 is 0 Å². The Bertz CT molecular complexity index is 517. The van der Waals surface area contributed by atoms with Gasteiger partial charge in [0.1, 0.15) is 5.76 Å². The maximum atomic E-state index is 11.7. The van der Waals surface area contributed by atoms with Crippen LogP contribution in [0.15, 0.2) is 23.0 Å². The molecule has 1 N–H and O–H groups in total. The maximum absolute atomic E-state index is 11.7. The van der Waals surface area contributed by atoms with Crippen LogP contribution in [0.3, 0.4) is 0 Å². The van der Waals surface area contributed by atoms with Gasteiger partial charge in [-0.1, -0.05) is 5.16 Å². The van der Waals surface area contributed by atoms with Crippen molar-refractivity contribution in [2.45, 2.75) is 26.7 Å². The zero-order valence-electron chi connectivity index (χ0n) is 10.3. The topological polar surface area (TPSA) is 80.9 Å². The van der Waals surface area contributed by atoms with Crippen molar-refractivity contribution in [2.75, 3.05) is 5.32 Å². The van der Waals surface area contributed by atoms with E-state index in [9.17, 15) is 4.79 Å². The molecule has 0 spiro atoms. The molecule has 2 rings (SSSR count). The van der Waals surface area contributed by atoms with E-state index in [-0.39, 0.29) is 5.91 Å². The van der Waals surface area contributed by atoms with Crippen LogP contribution in [0.25, 0.3) is 0 Å². The molecule has 6 nitrogen and oxygen atoms in total. The van der Waals surface area contributed by atoms with Crippen LogP contribution in [0.5, 0.6) is 0 Å². The SMILES string of the molecule is Cc1noc(C)c1CCC(=O)Nc1ncccn1. The molecule has 0 radical (unpaired) electrons. The molecule has 0 aromatic carbocycles. The molecule has 1 amide bonds. The summed E-state index contributed by atoms with van der Waals surface area (Å²) in [5.74, 6) is 0.957. The molecule has 18 heavy (non-hydrogen) atoms. The fraction of sp³-hybridized carbons (Fsp3) is 0.333. The molecular weight excluding hydrogens is 232 g/mol. The van der Waals surface area contributed by atoms with E-state index in [0.717, 1.165) is 17.0 Å². The van der Waals surface area contributed by atoms with E-state index >= 15 is 0 Å². The van der Waals surface area contributed by atoms with Crippen LogP contribution in [-0.4, -0.2) is 21.0 Å². The molecule has 0 atom stereocenters. The van der Waals surface area contributed by atoms with Crippen LogP contribution in [0.4, 0.5) is 5.95 Å². The minimum absolute atomic E-state index is 0.124. The number of aromatic nitrogens is 3. The highest BCUT2D eigenvalue weighted by Gasteiger charge is 2.11. The summed E-state index contributed by atoms with van der Waals surface area (Å²) in [7, 11) is 0. The Balaban J connectivity index is 1.89. The third-order valence-electron chi connectivity index (χ3n) is 2.60. The summed E-state index contributed by atoms with van der Waals surface area (Å²) >= 11 is 0. The molecule has 2 aromatic rings. The number of anilines is 1. The van der Waals surface area contributed by atoms with Gasteiger partial charge in [-0.3, -0.25) is 10.1 Å². The molecule has 0 aliphatic carbocycles. The summed E-state index contributed by atoms with van der Waals surface area (Å²) in [6.45, 7) is 3.71. The Hall–Kier alpha value is -2.24. The Labute approximate surface area is 104 Å². The van der Waals surface area contributed by atoms with E-state index in [4.69, 9.17) is 4.52 Å². The van der Waals surface area contributed by atoms with Crippen molar-refractivity contribution in [1.29, 1.82) is 0 Å². The number of hydrogen-bond donors (Lipinski definition) is 1. The summed E-state index contributed by atoms with van der Waals surface area (Å²) in [5, 5.41) is 6.48. The normalized spacial score (nSPS) is 10.3. The first kappa shape index (κ1) is 12.2. The van der Waals surface area contributed by atoms with E-state index in [2.05, 4.69) is 20.4 Å². The molecule has 0 bridgehead atoms. The summed E-state index contributed by atoms with van der Waals surface area (Å²) in [4.78, 5) is 19.5. The van der Waals surface area contributed by atoms with Crippen molar-refractivity contribution in [2.24, 2.45) is 0 Å². The Morgan fingerprint density at radius 3 is 2.67 bits per heavy atom. The molecule has 2 heterocycles. The van der Waals surface area contributed by atoms with Gasteiger partial charge < -0.3 is 4.52 Å². The number of nitrogens with zero attached hydrogens (tertiary/aromatic N) is 3. The van der Waals surface area contributed by atoms with Gasteiger partial charge in [-0.2, -0.15) is 0 Å². The van der Waals surface area contributed by atoms with E-state index in [1.165, 1.54) is 0 Å². The molecule has 0 saturated heterocycles. The number of nitrogens with one attached hydrogen (secondary N) is 1. The fourth-order valence-electron chi connectivity index (χ4n) is 1.65. The van der Waals surface area contributed by atoms with Gasteiger partial charge in [0.05, 0.1) is 5.69 Å². The molecular formula is C12H14N4O2. The molecule has 94 valence electrons. The van der Waals surface area contributed by atoms with E-state index < -0.39 is 0 Å². The second-order valence-corrected chi connectivity index (χ2v) is 3.92. The molecule has 2 aromatic heterocycles. The Kier molecular flexibility index (Phi) is 3.66. The molecule has 6 heteroatoms. The van der Waals surface area contributed by atoms with Gasteiger partial charge in [-0.15, -0.1) is 0 Å². The molecule has 0 aliphatic heterocycles. The van der Waals surface area contributed by atoms with Gasteiger partial charge in [0.2, 0.25) is 11.9 Å². The fourth-order valence-corrected chi connectivity index (χ4v) is 1.65. The van der Waals surface area contributed by atoms with Crippen molar-refractivity contribution in [3.63, 3.8) is 0 Å². The number of aryl methyl sites for hydroxylation is 2. The third-order valence-corrected chi connectivity index (χ3v) is 2.60. The predicted octanol–water partition coefficient (Wildman–Crippen LogP) is 1.65. The maximum Gasteiger partial charge on any atom is 0.229 e. The number of rotatable bonds is 4. The minimum atomic E-state index is -0.124. The van der Waals surface area contributed by atoms with Crippen molar-refractivity contribution in [1.82, 2.24) is 15.1 Å². The van der Waals surface area contributed by atoms with Crippen molar-refractivity contribution < 1.29 is 9.32 Å². The van der Waals surface area contributed by atoms with Gasteiger partial charge in [0.25, 0.3) is 0 Å². The second kappa shape index (κ2) is 5.39. The lowest BCUT2D eigenvalue weighted by atomic mass is 10.1. The van der Waals surface area contributed by atoms with Crippen molar-refractivity contribution in [3.05, 3.63) is 35.5 Å². The van der Waals surface area contributed by atoms with Gasteiger partial charge in [0, 0.05) is 24.4 Å². The van der Waals surface area contributed by atoms with Gasteiger partial charge in [0.15, 0.2) is 0 Å². The molecule has 0 saturated carbocycles. The standard InChI is InChI=1S/C12H14N4O2/c1-8-10(9(2)18-16-8)4-5-11(17)15-12-13-6-3-7-14-12/h3,6-7H,4-5H2,1-2H3,(H,13,14,15,17). The summed E-state index contributed by atoms with van der Waals surface area (Å²) < 4.78 is 5.04. The van der Waals surface area contributed by atoms with Crippen LogP contribution in [0.2, 0.25) is 0 Å². The number of carbonyl (C=O) groups excluding carboxylic acids is 1. The highest BCUT2D eigenvalue weighted by atomic mass is 16.5. The number of carbonyl (C=O) groups is 1. The quantitative estimate of drug-likeness (QED) is 0.887. The van der Waals surface area contributed by atoms with Crippen molar-refractivity contribution in [3.8, 4) is 0 Å². The van der Waals surface area contributed by atoms with Crippen molar-refractivity contribution >= 4 is 11.9 Å². The lowest BCUT2D eigenvalue weighted by Crippen LogP contribution is -2.14. The number of hydrogen-bond acceptors (Lipinski definition) is 5. The predicted molar refractivity (Wildman–Crippen MR) is 65.0 cm³/mol. The Morgan fingerprint density at radius 2 is 2.06 bits per heavy atom. The third kappa shape index (κ3) is 2.91. The average Bonchev–Trinajstić information content (AvgIpc) is 2.68. The number of amides is 1. The second-order valence-electron chi connectivity index (χ2n) is 3.92. The zero-order chi connectivity index (χ0) is 13.0. The smallest absolute Gasteiger partial charge is 0.229 e. The van der Waals surface area contributed by atoms with E-state index in [1.54, 1.807) is 18.5 Å². The molecule has 0 aliphatic rings. The monoisotopic (exact) mass is 246 g/mol. The van der Waals surface area contributed by atoms with Gasteiger partial charge in [-0.05, 0) is 26.3 Å². The highest BCUT2D eigenvalue weighted by Crippen LogP contribution is 2.14. The first-order valence-electron chi connectivity index (χ1n) is 5.65. The van der Waals surface area contributed by atoms with Crippen LogP contribution in [0.1, 0.15) is 23.4 Å². The highest BCUT2D eigenvalue weighted by molar-refractivity contribution is 5.89. The summed E-state index contributed by atoms with van der Waals surface area (Å²) in [6, 6.07) is 1.69. The first-order valence-corrected chi connectivity index (χ1v) is 5.65. The summed E-state index contributed by atoms with van der Waals surface area (Å²) in [6.07, 6.45) is 4.11. The van der Waals surface area contributed by atoms with E-state index in [0.29, 0.717) is 18.8 Å². The molecule has 0 fully saturated rings. The van der Waals surface area contributed by atoms with Crippen LogP contribution in [0, 0.1) is 13.8 Å². The van der Waals surface area contributed by atoms with Gasteiger partial charge in [-0.25, -0.2) is 9.97 Å². The lowest BCUT2D eigenvalue weighted by Gasteiger charge is -2.02. The van der Waals surface area contributed by atoms with Crippen LogP contribution < -0.4 is 5.32 Å². The zero-order valence-corrected chi connectivity index (χ0v) is 10.3. The van der Waals surface area contributed by atoms with E-state index in [1.807, 2.05) is 13.8 Å². The first-order chi connectivity index (χ1) is 8.66. The van der Waals surface area contributed by atoms with Crippen LogP contribution in [-0.2, 0) is 11.2 Å². The largest absolute Gasteiger partial charge is 0.361 e. The van der Waals surface area contributed by atoms with Gasteiger partial charge >= 0.3 is 0 Å². The lowest BCUT2D eigenvalue weighted by molar-refractivity contribution is -0.116. The minimum Gasteiger partial charge on any atom is -0.361 e.